The van der Waals surface area contributed by atoms with Gasteiger partial charge in [0, 0.05) is 30.7 Å². The summed E-state index contributed by atoms with van der Waals surface area (Å²) < 4.78 is 5.10. The lowest BCUT2D eigenvalue weighted by atomic mass is 10.1. The molecule has 0 bridgehead atoms. The molecular weight excluding hydrogens is 348 g/mol. The average Bonchev–Trinajstić information content (AvgIpc) is 2.87. The van der Waals surface area contributed by atoms with Crippen LogP contribution in [0.1, 0.15) is 33.3 Å². The van der Waals surface area contributed by atoms with E-state index in [1.165, 1.54) is 17.4 Å². The Labute approximate surface area is 158 Å². The zero-order valence-electron chi connectivity index (χ0n) is 15.8. The van der Waals surface area contributed by atoms with Crippen LogP contribution < -0.4 is 10.2 Å². The molecule has 0 saturated carbocycles. The van der Waals surface area contributed by atoms with E-state index in [0.717, 1.165) is 21.7 Å². The molecule has 1 aromatic heterocycles. The van der Waals surface area contributed by atoms with E-state index in [0.29, 0.717) is 17.2 Å². The van der Waals surface area contributed by atoms with Crippen LogP contribution in [0.2, 0.25) is 0 Å². The number of thiophene rings is 1. The van der Waals surface area contributed by atoms with Crippen molar-refractivity contribution in [2.75, 3.05) is 30.9 Å². The molecule has 0 fully saturated rings. The number of amides is 1. The summed E-state index contributed by atoms with van der Waals surface area (Å²) in [5.41, 5.74) is 3.29. The third kappa shape index (κ3) is 4.73. The Balaban J connectivity index is 2.12. The third-order valence-corrected chi connectivity index (χ3v) is 5.06. The second-order valence-corrected chi connectivity index (χ2v) is 7.24. The van der Waals surface area contributed by atoms with Crippen LogP contribution >= 0.6 is 11.3 Å². The van der Waals surface area contributed by atoms with E-state index in [1.54, 1.807) is 13.0 Å². The second-order valence-electron chi connectivity index (χ2n) is 6.02. The van der Waals surface area contributed by atoms with E-state index < -0.39 is 5.97 Å². The van der Waals surface area contributed by atoms with E-state index in [9.17, 15) is 9.59 Å². The molecule has 2 rings (SSSR count). The van der Waals surface area contributed by atoms with Gasteiger partial charge in [0.05, 0.1) is 12.2 Å². The fraction of sp³-hybridized carbons (Fsp3) is 0.300. The number of esters is 1. The van der Waals surface area contributed by atoms with E-state index in [2.05, 4.69) is 5.32 Å². The SMILES string of the molecule is CCOC(=O)c1c(NC(=O)/C=C/c2ccc(N(C)C)cc2)sc(C)c1C. The summed E-state index contributed by atoms with van der Waals surface area (Å²) in [5.74, 6) is -0.693. The number of aryl methyl sites for hydroxylation is 1. The third-order valence-electron chi connectivity index (χ3n) is 3.94. The Morgan fingerprint density at radius 1 is 1.19 bits per heavy atom. The lowest BCUT2D eigenvalue weighted by molar-refractivity contribution is -0.111. The second kappa shape index (κ2) is 8.67. The highest BCUT2D eigenvalue weighted by molar-refractivity contribution is 7.16. The van der Waals surface area contributed by atoms with Crippen molar-refractivity contribution in [2.45, 2.75) is 20.8 Å². The normalized spacial score (nSPS) is 10.8. The van der Waals surface area contributed by atoms with E-state index in [1.807, 2.05) is 57.1 Å². The van der Waals surface area contributed by atoms with Gasteiger partial charge in [0.25, 0.3) is 0 Å². The summed E-state index contributed by atoms with van der Waals surface area (Å²) in [6, 6.07) is 7.87. The number of carbonyl (C=O) groups excluding carboxylic acids is 2. The van der Waals surface area contributed by atoms with E-state index in [-0.39, 0.29) is 5.91 Å². The van der Waals surface area contributed by atoms with Crippen LogP contribution in [0.5, 0.6) is 0 Å². The van der Waals surface area contributed by atoms with Gasteiger partial charge in [-0.05, 0) is 50.1 Å². The zero-order chi connectivity index (χ0) is 19.3. The predicted molar refractivity (Wildman–Crippen MR) is 108 cm³/mol. The standard InChI is InChI=1S/C20H24N2O3S/c1-6-25-20(24)18-13(2)14(3)26-19(18)21-17(23)12-9-15-7-10-16(11-8-15)22(4)5/h7-12H,6H2,1-5H3,(H,21,23)/b12-9+. The smallest absolute Gasteiger partial charge is 0.341 e. The fourth-order valence-corrected chi connectivity index (χ4v) is 3.42. The number of carbonyl (C=O) groups is 2. The van der Waals surface area contributed by atoms with Gasteiger partial charge in [-0.25, -0.2) is 4.79 Å². The lowest BCUT2D eigenvalue weighted by Gasteiger charge is -2.11. The van der Waals surface area contributed by atoms with Crippen LogP contribution in [0.3, 0.4) is 0 Å². The van der Waals surface area contributed by atoms with Gasteiger partial charge >= 0.3 is 5.97 Å². The molecule has 1 aromatic carbocycles. The molecule has 138 valence electrons. The van der Waals surface area contributed by atoms with Crippen molar-refractivity contribution in [3.63, 3.8) is 0 Å². The van der Waals surface area contributed by atoms with Crippen LogP contribution in [0.25, 0.3) is 6.08 Å². The molecule has 5 nitrogen and oxygen atoms in total. The highest BCUT2D eigenvalue weighted by Gasteiger charge is 2.21. The fourth-order valence-electron chi connectivity index (χ4n) is 2.37. The van der Waals surface area contributed by atoms with Crippen LogP contribution in [0, 0.1) is 13.8 Å². The van der Waals surface area contributed by atoms with Crippen LogP contribution in [-0.2, 0) is 9.53 Å². The lowest BCUT2D eigenvalue weighted by Crippen LogP contribution is -2.12. The maximum atomic E-state index is 12.3. The number of benzene rings is 1. The summed E-state index contributed by atoms with van der Waals surface area (Å²) in [5, 5.41) is 3.32. The maximum Gasteiger partial charge on any atom is 0.341 e. The Bertz CT molecular complexity index is 820. The highest BCUT2D eigenvalue weighted by atomic mass is 32.1. The first kappa shape index (κ1) is 19.7. The monoisotopic (exact) mass is 372 g/mol. The molecule has 0 unspecified atom stereocenters. The van der Waals surface area contributed by atoms with Crippen molar-refractivity contribution >= 4 is 40.0 Å². The van der Waals surface area contributed by atoms with Crippen molar-refractivity contribution in [1.29, 1.82) is 0 Å². The molecule has 0 aliphatic rings. The first-order chi connectivity index (χ1) is 12.3. The van der Waals surface area contributed by atoms with Crippen molar-refractivity contribution < 1.29 is 14.3 Å². The molecule has 2 aromatic rings. The van der Waals surface area contributed by atoms with Crippen LogP contribution in [0.4, 0.5) is 10.7 Å². The Morgan fingerprint density at radius 2 is 1.85 bits per heavy atom. The Hall–Kier alpha value is -2.60. The summed E-state index contributed by atoms with van der Waals surface area (Å²) in [4.78, 5) is 27.4. The number of hydrogen-bond donors (Lipinski definition) is 1. The van der Waals surface area contributed by atoms with Gasteiger partial charge in [-0.1, -0.05) is 12.1 Å². The molecule has 6 heteroatoms. The van der Waals surface area contributed by atoms with Gasteiger partial charge in [0.1, 0.15) is 5.00 Å². The molecule has 0 spiro atoms. The molecule has 1 heterocycles. The van der Waals surface area contributed by atoms with Crippen molar-refractivity contribution in [3.8, 4) is 0 Å². The minimum absolute atomic E-state index is 0.284. The highest BCUT2D eigenvalue weighted by Crippen LogP contribution is 2.33. The molecule has 1 N–H and O–H groups in total. The Morgan fingerprint density at radius 3 is 2.42 bits per heavy atom. The van der Waals surface area contributed by atoms with Gasteiger partial charge in [-0.3, -0.25) is 4.79 Å². The molecule has 0 aliphatic carbocycles. The number of nitrogens with zero attached hydrogens (tertiary/aromatic N) is 1. The van der Waals surface area contributed by atoms with E-state index in [4.69, 9.17) is 4.74 Å². The minimum atomic E-state index is -0.409. The van der Waals surface area contributed by atoms with E-state index >= 15 is 0 Å². The van der Waals surface area contributed by atoms with Gasteiger partial charge in [-0.15, -0.1) is 11.3 Å². The van der Waals surface area contributed by atoms with Gasteiger partial charge < -0.3 is 15.0 Å². The van der Waals surface area contributed by atoms with Gasteiger partial charge in [0.2, 0.25) is 5.91 Å². The van der Waals surface area contributed by atoms with Crippen molar-refractivity contribution in [3.05, 3.63) is 51.9 Å². The molecule has 26 heavy (non-hydrogen) atoms. The number of ether oxygens (including phenoxy) is 1. The van der Waals surface area contributed by atoms with Crippen LogP contribution in [-0.4, -0.2) is 32.6 Å². The predicted octanol–water partition coefficient (Wildman–Crippen LogP) is 4.26. The molecule has 1 amide bonds. The first-order valence-electron chi connectivity index (χ1n) is 8.37. The summed E-state index contributed by atoms with van der Waals surface area (Å²) in [7, 11) is 3.95. The molecular formula is C20H24N2O3S. The zero-order valence-corrected chi connectivity index (χ0v) is 16.6. The number of hydrogen-bond acceptors (Lipinski definition) is 5. The minimum Gasteiger partial charge on any atom is -0.462 e. The molecule has 0 saturated heterocycles. The van der Waals surface area contributed by atoms with Crippen LogP contribution in [0.15, 0.2) is 30.3 Å². The van der Waals surface area contributed by atoms with Gasteiger partial charge in [0.15, 0.2) is 0 Å². The maximum absolute atomic E-state index is 12.3. The largest absolute Gasteiger partial charge is 0.462 e. The number of nitrogens with one attached hydrogen (secondary N) is 1. The number of rotatable bonds is 6. The van der Waals surface area contributed by atoms with Crippen molar-refractivity contribution in [2.24, 2.45) is 0 Å². The van der Waals surface area contributed by atoms with Crippen molar-refractivity contribution in [1.82, 2.24) is 0 Å². The average molecular weight is 372 g/mol. The molecule has 0 atom stereocenters. The summed E-state index contributed by atoms with van der Waals surface area (Å²) >= 11 is 1.38. The summed E-state index contributed by atoms with van der Waals surface area (Å²) in [6.07, 6.45) is 3.20. The molecule has 0 aliphatic heterocycles. The Kier molecular flexibility index (Phi) is 6.58. The molecule has 0 radical (unpaired) electrons. The number of anilines is 2. The summed E-state index contributed by atoms with van der Waals surface area (Å²) in [6.45, 7) is 5.83. The van der Waals surface area contributed by atoms with Gasteiger partial charge in [-0.2, -0.15) is 0 Å². The topological polar surface area (TPSA) is 58.6 Å². The quantitative estimate of drug-likeness (QED) is 0.608. The first-order valence-corrected chi connectivity index (χ1v) is 9.18.